The molecule has 1 amide bonds. The number of aromatic nitrogens is 5. The molecule has 9 nitrogen and oxygen atoms in total. The number of rotatable bonds is 3. The van der Waals surface area contributed by atoms with E-state index in [2.05, 4.69) is 38.0 Å². The van der Waals surface area contributed by atoms with Crippen LogP contribution in [0.25, 0.3) is 10.2 Å². The largest absolute Gasteiger partial charge is 0.353 e. The van der Waals surface area contributed by atoms with Crippen molar-refractivity contribution in [3.63, 3.8) is 0 Å². The highest BCUT2D eigenvalue weighted by Crippen LogP contribution is 2.34. The zero-order valence-corrected chi connectivity index (χ0v) is 16.8. The topological polar surface area (TPSA) is 92.1 Å². The van der Waals surface area contributed by atoms with Crippen molar-refractivity contribution in [1.82, 2.24) is 30.0 Å². The van der Waals surface area contributed by atoms with E-state index in [4.69, 9.17) is 9.97 Å². The van der Waals surface area contributed by atoms with E-state index in [0.29, 0.717) is 25.6 Å². The van der Waals surface area contributed by atoms with Gasteiger partial charge in [-0.05, 0) is 19.4 Å². The Kier molecular flexibility index (Phi) is 4.15. The molecule has 0 saturated carbocycles. The van der Waals surface area contributed by atoms with Gasteiger partial charge in [0.15, 0.2) is 5.82 Å². The van der Waals surface area contributed by atoms with Gasteiger partial charge in [0.25, 0.3) is 0 Å². The molecule has 0 aliphatic carbocycles. The highest BCUT2D eigenvalue weighted by molar-refractivity contribution is 7.18. The van der Waals surface area contributed by atoms with Crippen molar-refractivity contribution in [3.8, 4) is 0 Å². The molecule has 0 unspecified atom stereocenters. The van der Waals surface area contributed by atoms with Crippen LogP contribution in [0.1, 0.15) is 23.4 Å². The summed E-state index contributed by atoms with van der Waals surface area (Å²) in [4.78, 5) is 28.1. The molecule has 146 valence electrons. The lowest BCUT2D eigenvalue weighted by molar-refractivity contribution is -0.120. The first-order chi connectivity index (χ1) is 13.6. The van der Waals surface area contributed by atoms with Crippen molar-refractivity contribution >= 4 is 39.2 Å². The Bertz CT molecular complexity index is 1060. The summed E-state index contributed by atoms with van der Waals surface area (Å²) in [5.41, 5.74) is 0. The molecule has 1 saturated heterocycles. The number of piperazine rings is 1. The first-order valence-electron chi connectivity index (χ1n) is 9.58. The van der Waals surface area contributed by atoms with Crippen molar-refractivity contribution in [2.24, 2.45) is 0 Å². The van der Waals surface area contributed by atoms with Gasteiger partial charge in [0.05, 0.1) is 18.5 Å². The van der Waals surface area contributed by atoms with Crippen molar-refractivity contribution in [2.75, 3.05) is 36.0 Å². The summed E-state index contributed by atoms with van der Waals surface area (Å²) in [5.74, 6) is 3.48. The molecule has 2 aliphatic rings. The van der Waals surface area contributed by atoms with E-state index in [1.54, 1.807) is 11.3 Å². The third-order valence-corrected chi connectivity index (χ3v) is 6.49. The van der Waals surface area contributed by atoms with Crippen molar-refractivity contribution in [1.29, 1.82) is 0 Å². The molecule has 3 aromatic heterocycles. The fourth-order valence-electron chi connectivity index (χ4n) is 3.80. The molecule has 28 heavy (non-hydrogen) atoms. The third kappa shape index (κ3) is 2.88. The van der Waals surface area contributed by atoms with Crippen LogP contribution in [0.2, 0.25) is 0 Å². The smallest absolute Gasteiger partial charge is 0.239 e. The number of amides is 1. The molecule has 10 heteroatoms. The fourth-order valence-corrected chi connectivity index (χ4v) is 4.75. The molecular formula is C18H22N8OS. The lowest BCUT2D eigenvalue weighted by atomic mass is 10.2. The Morgan fingerprint density at radius 1 is 1.14 bits per heavy atom. The fraction of sp³-hybridized carbons (Fsp3) is 0.500. The minimum atomic E-state index is 0.0125. The van der Waals surface area contributed by atoms with Gasteiger partial charge in [0.2, 0.25) is 11.9 Å². The van der Waals surface area contributed by atoms with Gasteiger partial charge in [-0.3, -0.25) is 4.79 Å². The molecule has 1 fully saturated rings. The van der Waals surface area contributed by atoms with Gasteiger partial charge < -0.3 is 19.7 Å². The Hall–Kier alpha value is -2.75. The monoisotopic (exact) mass is 398 g/mol. The van der Waals surface area contributed by atoms with Crippen LogP contribution in [0, 0.1) is 6.92 Å². The maximum Gasteiger partial charge on any atom is 0.239 e. The number of nitrogens with zero attached hydrogens (tertiary/aromatic N) is 7. The van der Waals surface area contributed by atoms with Gasteiger partial charge >= 0.3 is 0 Å². The molecule has 5 heterocycles. The summed E-state index contributed by atoms with van der Waals surface area (Å²) in [6.07, 6.45) is 0.968. The van der Waals surface area contributed by atoms with Crippen molar-refractivity contribution in [3.05, 3.63) is 22.6 Å². The summed E-state index contributed by atoms with van der Waals surface area (Å²) >= 11 is 1.71. The lowest BCUT2D eigenvalue weighted by Gasteiger charge is -2.31. The number of carbonyl (C=O) groups is 1. The Morgan fingerprint density at radius 3 is 2.86 bits per heavy atom. The number of anilines is 2. The van der Waals surface area contributed by atoms with E-state index < -0.39 is 0 Å². The predicted molar refractivity (Wildman–Crippen MR) is 108 cm³/mol. The highest BCUT2D eigenvalue weighted by Gasteiger charge is 2.26. The van der Waals surface area contributed by atoms with E-state index >= 15 is 0 Å². The predicted octanol–water partition coefficient (Wildman–Crippen LogP) is 1.11. The van der Waals surface area contributed by atoms with Crippen LogP contribution in [0.4, 0.5) is 11.8 Å². The molecule has 0 bridgehead atoms. The first kappa shape index (κ1) is 17.4. The number of thiophene rings is 1. The zero-order valence-electron chi connectivity index (χ0n) is 16.0. The maximum atomic E-state index is 11.9. The molecule has 0 radical (unpaired) electrons. The van der Waals surface area contributed by atoms with Gasteiger partial charge in [-0.15, -0.1) is 21.5 Å². The van der Waals surface area contributed by atoms with Crippen LogP contribution < -0.4 is 15.1 Å². The molecule has 2 aliphatic heterocycles. The van der Waals surface area contributed by atoms with Crippen molar-refractivity contribution in [2.45, 2.75) is 33.4 Å². The normalized spacial score (nSPS) is 17.1. The Balaban J connectivity index is 1.58. The van der Waals surface area contributed by atoms with Crippen molar-refractivity contribution < 1.29 is 4.79 Å². The standard InChI is InChI=1S/C18H22N8OS/c1-3-12-8-13-16(24-6-7-26-11(2)22-23-14(26)9-24)20-18(21-17(13)28-12)25-5-4-19-15(27)10-25/h8H,3-7,9-10H2,1-2H3,(H,19,27). The third-order valence-electron chi connectivity index (χ3n) is 5.32. The molecule has 1 N–H and O–H groups in total. The summed E-state index contributed by atoms with van der Waals surface area (Å²) in [5, 5.41) is 12.5. The van der Waals surface area contributed by atoms with Crippen LogP contribution in [-0.2, 0) is 24.3 Å². The van der Waals surface area contributed by atoms with E-state index in [9.17, 15) is 4.79 Å². The average molecular weight is 398 g/mol. The summed E-state index contributed by atoms with van der Waals surface area (Å²) in [7, 11) is 0. The van der Waals surface area contributed by atoms with Gasteiger partial charge in [-0.25, -0.2) is 4.98 Å². The van der Waals surface area contributed by atoms with Gasteiger partial charge in [-0.1, -0.05) is 6.92 Å². The van der Waals surface area contributed by atoms with Crippen LogP contribution in [-0.4, -0.2) is 56.8 Å². The Labute approximate surface area is 166 Å². The second-order valence-corrected chi connectivity index (χ2v) is 8.26. The minimum Gasteiger partial charge on any atom is -0.353 e. The van der Waals surface area contributed by atoms with Gasteiger partial charge in [-0.2, -0.15) is 4.98 Å². The molecular weight excluding hydrogens is 376 g/mol. The summed E-state index contributed by atoms with van der Waals surface area (Å²) in [6.45, 7) is 8.12. The highest BCUT2D eigenvalue weighted by atomic mass is 32.1. The van der Waals surface area contributed by atoms with Crippen LogP contribution in [0.5, 0.6) is 0 Å². The second kappa shape index (κ2) is 6.69. The molecule has 0 aromatic carbocycles. The van der Waals surface area contributed by atoms with E-state index in [0.717, 1.165) is 53.7 Å². The number of hydrogen-bond donors (Lipinski definition) is 1. The number of nitrogens with one attached hydrogen (secondary N) is 1. The van der Waals surface area contributed by atoms with Crippen LogP contribution in [0.3, 0.4) is 0 Å². The second-order valence-electron chi connectivity index (χ2n) is 7.14. The zero-order chi connectivity index (χ0) is 19.3. The first-order valence-corrected chi connectivity index (χ1v) is 10.4. The molecule has 5 rings (SSSR count). The average Bonchev–Trinajstić information content (AvgIpc) is 3.30. The molecule has 3 aromatic rings. The SMILES string of the molecule is CCc1cc2c(N3CCn4c(C)nnc4C3)nc(N3CCNC(=O)C3)nc2s1. The van der Waals surface area contributed by atoms with E-state index in [-0.39, 0.29) is 5.91 Å². The number of fused-ring (bicyclic) bond motifs is 2. The van der Waals surface area contributed by atoms with Gasteiger partial charge in [0, 0.05) is 31.1 Å². The summed E-state index contributed by atoms with van der Waals surface area (Å²) < 4.78 is 2.16. The summed E-state index contributed by atoms with van der Waals surface area (Å²) in [6, 6.07) is 2.20. The van der Waals surface area contributed by atoms with Gasteiger partial charge in [0.1, 0.15) is 16.5 Å². The van der Waals surface area contributed by atoms with Crippen LogP contribution in [0.15, 0.2) is 6.07 Å². The minimum absolute atomic E-state index is 0.0125. The van der Waals surface area contributed by atoms with E-state index in [1.165, 1.54) is 4.88 Å². The number of aryl methyl sites for hydroxylation is 2. The van der Waals surface area contributed by atoms with Crippen LogP contribution >= 0.6 is 11.3 Å². The molecule has 0 spiro atoms. The Morgan fingerprint density at radius 2 is 2.04 bits per heavy atom. The maximum absolute atomic E-state index is 11.9. The number of carbonyl (C=O) groups excluding carboxylic acids is 1. The number of hydrogen-bond acceptors (Lipinski definition) is 8. The van der Waals surface area contributed by atoms with E-state index in [1.807, 2.05) is 11.8 Å². The lowest BCUT2D eigenvalue weighted by Crippen LogP contribution is -2.48. The molecule has 0 atom stereocenters. The quantitative estimate of drug-likeness (QED) is 0.706.